The van der Waals surface area contributed by atoms with E-state index in [9.17, 15) is 28.4 Å². The van der Waals surface area contributed by atoms with Crippen molar-refractivity contribution in [2.24, 2.45) is 5.92 Å². The minimum atomic E-state index is -3.03. The van der Waals surface area contributed by atoms with Gasteiger partial charge in [0.15, 0.2) is 0 Å². The van der Waals surface area contributed by atoms with Gasteiger partial charge < -0.3 is 24.8 Å². The number of likely N-dealkylation sites (tertiary alicyclic amines) is 1. The predicted molar refractivity (Wildman–Crippen MR) is 143 cm³/mol. The number of rotatable bonds is 7. The van der Waals surface area contributed by atoms with E-state index in [1.165, 1.54) is 35.0 Å². The Morgan fingerprint density at radius 2 is 1.98 bits per heavy atom. The van der Waals surface area contributed by atoms with Crippen LogP contribution in [0.1, 0.15) is 42.7 Å². The molecule has 0 saturated carbocycles. The van der Waals surface area contributed by atoms with Crippen molar-refractivity contribution >= 4 is 34.3 Å². The highest BCUT2D eigenvalue weighted by Crippen LogP contribution is 2.46. The first-order valence-electron chi connectivity index (χ1n) is 13.0. The quantitative estimate of drug-likeness (QED) is 0.456. The molecule has 2 aliphatic heterocycles. The molecule has 0 bridgehead atoms. The van der Waals surface area contributed by atoms with E-state index in [0.29, 0.717) is 23.0 Å². The first kappa shape index (κ1) is 27.1. The monoisotopic (exact) mass is 549 g/mol. The molecule has 9 nitrogen and oxygen atoms in total. The van der Waals surface area contributed by atoms with Gasteiger partial charge in [0, 0.05) is 36.6 Å². The van der Waals surface area contributed by atoms with Gasteiger partial charge in [-0.15, -0.1) is 0 Å². The van der Waals surface area contributed by atoms with Gasteiger partial charge in [-0.3, -0.25) is 14.4 Å². The Balaban J connectivity index is 1.45. The molecule has 3 aromatic rings. The van der Waals surface area contributed by atoms with Crippen LogP contribution in [0, 0.1) is 17.2 Å². The second-order valence-electron chi connectivity index (χ2n) is 10.7. The highest BCUT2D eigenvalue weighted by atomic mass is 19.3. The molecule has 1 spiro atoms. The molecule has 2 aliphatic rings. The maximum Gasteiger partial charge on any atom is 0.387 e. The molecule has 2 N–H and O–H groups in total. The van der Waals surface area contributed by atoms with Gasteiger partial charge in [-0.05, 0) is 42.2 Å². The normalized spacial score (nSPS) is 20.6. The van der Waals surface area contributed by atoms with E-state index in [1.807, 2.05) is 32.0 Å². The molecule has 0 aliphatic carbocycles. The molecule has 3 amide bonds. The van der Waals surface area contributed by atoms with Crippen LogP contribution in [0.25, 0.3) is 10.9 Å². The first-order chi connectivity index (χ1) is 19.1. The summed E-state index contributed by atoms with van der Waals surface area (Å²) in [5, 5.41) is 13.2. The number of carbonyl (C=O) groups is 3. The lowest BCUT2D eigenvalue weighted by atomic mass is 9.80. The molecule has 11 heteroatoms. The molecular formula is C29H29F2N5O4. The standard InChI is InChI=1S/C29H29F2N5O4/c1-16(2)11-23(35(3)25(37)22-12-18-20(33-22)9-6-10-24(18)40-28(30)31)26(38)36-15-29(13-17(36)14-32)19-7-4-5-8-21(19)34-27(29)39/h4-10,12,16-17,23,28,33H,11,13,15H2,1-3H3,(H,34,39)/t17-,23?,29-/m0/s1. The zero-order chi connectivity index (χ0) is 28.8. The predicted octanol–water partition coefficient (Wildman–Crippen LogP) is 4.27. The third kappa shape index (κ3) is 4.53. The van der Waals surface area contributed by atoms with Crippen molar-refractivity contribution in [1.29, 1.82) is 5.26 Å². The number of ether oxygens (including phenoxy) is 1. The highest BCUT2D eigenvalue weighted by Gasteiger charge is 2.56. The van der Waals surface area contributed by atoms with Gasteiger partial charge in [-0.2, -0.15) is 14.0 Å². The Labute approximate surface area is 229 Å². The first-order valence-corrected chi connectivity index (χ1v) is 13.0. The average molecular weight is 550 g/mol. The summed E-state index contributed by atoms with van der Waals surface area (Å²) in [4.78, 5) is 46.5. The Kier molecular flexibility index (Phi) is 6.96. The van der Waals surface area contributed by atoms with Crippen molar-refractivity contribution in [3.63, 3.8) is 0 Å². The fourth-order valence-electron chi connectivity index (χ4n) is 5.82. The fourth-order valence-corrected chi connectivity index (χ4v) is 5.82. The van der Waals surface area contributed by atoms with Gasteiger partial charge >= 0.3 is 6.61 Å². The number of aromatic amines is 1. The number of alkyl halides is 2. The summed E-state index contributed by atoms with van der Waals surface area (Å²) >= 11 is 0. The number of halogens is 2. The van der Waals surface area contributed by atoms with Crippen LogP contribution in [0.4, 0.5) is 14.5 Å². The number of anilines is 1. The minimum absolute atomic E-state index is 0.0181. The summed E-state index contributed by atoms with van der Waals surface area (Å²) in [6, 6.07) is 13.6. The van der Waals surface area contributed by atoms with Crippen LogP contribution in [0.5, 0.6) is 5.75 Å². The van der Waals surface area contributed by atoms with E-state index in [2.05, 4.69) is 21.1 Å². The van der Waals surface area contributed by atoms with Crippen LogP contribution in [0.15, 0.2) is 48.5 Å². The topological polar surface area (TPSA) is 119 Å². The summed E-state index contributed by atoms with van der Waals surface area (Å²) in [7, 11) is 1.50. The van der Waals surface area contributed by atoms with Crippen molar-refractivity contribution in [2.75, 3.05) is 18.9 Å². The molecule has 3 heterocycles. The summed E-state index contributed by atoms with van der Waals surface area (Å²) in [6.07, 6.45) is 0.463. The Morgan fingerprint density at radius 1 is 1.23 bits per heavy atom. The van der Waals surface area contributed by atoms with Crippen LogP contribution in [-0.4, -0.2) is 64.8 Å². The van der Waals surface area contributed by atoms with Crippen LogP contribution < -0.4 is 10.1 Å². The van der Waals surface area contributed by atoms with Crippen molar-refractivity contribution in [3.8, 4) is 11.8 Å². The molecule has 1 unspecified atom stereocenters. The lowest BCUT2D eigenvalue weighted by Gasteiger charge is -2.33. The number of benzene rings is 2. The largest absolute Gasteiger partial charge is 0.434 e. The van der Waals surface area contributed by atoms with Crippen molar-refractivity contribution in [3.05, 3.63) is 59.8 Å². The fraction of sp³-hybridized carbons (Fsp3) is 0.379. The number of para-hydroxylation sites is 1. The number of amides is 3. The van der Waals surface area contributed by atoms with E-state index in [1.54, 1.807) is 12.1 Å². The molecule has 1 aromatic heterocycles. The second-order valence-corrected chi connectivity index (χ2v) is 10.7. The smallest absolute Gasteiger partial charge is 0.387 e. The Morgan fingerprint density at radius 3 is 2.67 bits per heavy atom. The number of H-pyrrole nitrogens is 1. The van der Waals surface area contributed by atoms with E-state index in [0.717, 1.165) is 5.56 Å². The van der Waals surface area contributed by atoms with Crippen LogP contribution in [0.3, 0.4) is 0 Å². The number of likely N-dealkylation sites (N-methyl/N-ethyl adjacent to an activating group) is 1. The molecule has 1 saturated heterocycles. The number of fused-ring (bicyclic) bond motifs is 3. The lowest BCUT2D eigenvalue weighted by molar-refractivity contribution is -0.136. The summed E-state index contributed by atoms with van der Waals surface area (Å²) in [6.45, 7) is 0.831. The molecule has 1 fully saturated rings. The van der Waals surface area contributed by atoms with E-state index in [-0.39, 0.29) is 36.2 Å². The molecule has 40 heavy (non-hydrogen) atoms. The number of nitrogens with zero attached hydrogens (tertiary/aromatic N) is 3. The van der Waals surface area contributed by atoms with Crippen LogP contribution in [0.2, 0.25) is 0 Å². The molecular weight excluding hydrogens is 520 g/mol. The summed E-state index contributed by atoms with van der Waals surface area (Å²) in [5.41, 5.74) is 0.899. The van der Waals surface area contributed by atoms with Gasteiger partial charge in [0.05, 0.1) is 11.5 Å². The molecule has 208 valence electrons. The Bertz CT molecular complexity index is 1530. The average Bonchev–Trinajstić information content (AvgIpc) is 3.61. The lowest BCUT2D eigenvalue weighted by Crippen LogP contribution is -2.52. The van der Waals surface area contributed by atoms with Crippen molar-refractivity contribution in [1.82, 2.24) is 14.8 Å². The van der Waals surface area contributed by atoms with Crippen molar-refractivity contribution < 1.29 is 27.9 Å². The number of hydrogen-bond acceptors (Lipinski definition) is 5. The molecule has 5 rings (SSSR count). The van der Waals surface area contributed by atoms with Gasteiger partial charge in [0.25, 0.3) is 5.91 Å². The number of aromatic nitrogens is 1. The van der Waals surface area contributed by atoms with Crippen LogP contribution in [-0.2, 0) is 15.0 Å². The zero-order valence-electron chi connectivity index (χ0n) is 22.3. The van der Waals surface area contributed by atoms with E-state index >= 15 is 0 Å². The van der Waals surface area contributed by atoms with Crippen molar-refractivity contribution in [2.45, 2.75) is 50.8 Å². The second kappa shape index (κ2) is 10.3. The molecule has 2 aromatic carbocycles. The maximum atomic E-state index is 14.1. The van der Waals surface area contributed by atoms with Gasteiger partial charge in [-0.1, -0.05) is 38.1 Å². The van der Waals surface area contributed by atoms with Gasteiger partial charge in [0.2, 0.25) is 11.8 Å². The molecule has 0 radical (unpaired) electrons. The zero-order valence-corrected chi connectivity index (χ0v) is 22.3. The third-order valence-electron chi connectivity index (χ3n) is 7.75. The highest BCUT2D eigenvalue weighted by molar-refractivity contribution is 6.07. The maximum absolute atomic E-state index is 14.1. The van der Waals surface area contributed by atoms with Crippen LogP contribution >= 0.6 is 0 Å². The molecule has 3 atom stereocenters. The van der Waals surface area contributed by atoms with Gasteiger partial charge in [-0.25, -0.2) is 0 Å². The SMILES string of the molecule is CC(C)CC(C(=O)N1C[C@]2(C[C@H]1C#N)C(=O)Nc1ccccc12)N(C)C(=O)c1cc2c(OC(F)F)cccc2[nH]1. The minimum Gasteiger partial charge on any atom is -0.434 e. The number of nitriles is 1. The number of hydrogen-bond donors (Lipinski definition) is 2. The third-order valence-corrected chi connectivity index (χ3v) is 7.75. The number of carbonyl (C=O) groups excluding carboxylic acids is 3. The van der Waals surface area contributed by atoms with Gasteiger partial charge in [0.1, 0.15) is 23.5 Å². The number of nitrogens with one attached hydrogen (secondary N) is 2. The van der Waals surface area contributed by atoms with E-state index < -0.39 is 35.9 Å². The van der Waals surface area contributed by atoms with E-state index in [4.69, 9.17) is 0 Å². The summed E-state index contributed by atoms with van der Waals surface area (Å²) < 4.78 is 30.4. The summed E-state index contributed by atoms with van der Waals surface area (Å²) in [5.74, 6) is -1.26. The Hall–Kier alpha value is -4.46.